The summed E-state index contributed by atoms with van der Waals surface area (Å²) in [5, 5.41) is 26.8. The average Bonchev–Trinajstić information content (AvgIpc) is 3.89. The minimum absolute atomic E-state index is 0.00217. The van der Waals surface area contributed by atoms with Gasteiger partial charge in [-0.3, -0.25) is 47.9 Å². The van der Waals surface area contributed by atoms with E-state index in [1.165, 1.54) is 101 Å². The summed E-state index contributed by atoms with van der Waals surface area (Å²) in [4.78, 5) is 153. The van der Waals surface area contributed by atoms with Crippen molar-refractivity contribution in [2.24, 2.45) is 56.4 Å². The second-order valence-electron chi connectivity index (χ2n) is 20.6. The first-order chi connectivity index (χ1) is 41.8. The van der Waals surface area contributed by atoms with Gasteiger partial charge in [0.25, 0.3) is 47.3 Å². The van der Waals surface area contributed by atoms with Crippen molar-refractivity contribution in [1.82, 2.24) is 82.3 Å². The van der Waals surface area contributed by atoms with Crippen LogP contribution in [0.2, 0.25) is 0 Å². The number of nitrogens with zero attached hydrogens (tertiary/aromatic N) is 14. The Bertz CT molecular complexity index is 4010. The van der Waals surface area contributed by atoms with Gasteiger partial charge < -0.3 is 94.6 Å². The Balaban J connectivity index is 0.751. The molecule has 0 saturated heterocycles. The van der Waals surface area contributed by atoms with Crippen LogP contribution < -0.4 is 53.2 Å². The van der Waals surface area contributed by atoms with Crippen LogP contribution in [0.25, 0.3) is 0 Å². The van der Waals surface area contributed by atoms with Gasteiger partial charge in [-0.2, -0.15) is 0 Å². The molecule has 0 aliphatic rings. The molecule has 0 fully saturated rings. The number of aryl methyl sites for hydroxylation is 8. The minimum atomic E-state index is -0.716. The summed E-state index contributed by atoms with van der Waals surface area (Å²) in [5.41, 5.74) is 1.59. The topological polar surface area (TPSA) is 398 Å². The lowest BCUT2D eigenvalue weighted by Gasteiger charge is -2.10. The zero-order valence-electron chi connectivity index (χ0n) is 49.7. The maximum atomic E-state index is 13.4. The van der Waals surface area contributed by atoms with Gasteiger partial charge in [0, 0.05) is 151 Å². The minimum Gasteiger partial charge on any atom is -0.355 e. The van der Waals surface area contributed by atoms with E-state index in [1.807, 2.05) is 19.0 Å². The molecule has 0 spiro atoms. The molecular weight excluding hydrogens is 1140 g/mol. The molecule has 8 rings (SSSR count). The van der Waals surface area contributed by atoms with Gasteiger partial charge in [-0.05, 0) is 38.7 Å². The van der Waals surface area contributed by atoms with Crippen LogP contribution >= 0.6 is 0 Å². The highest BCUT2D eigenvalue weighted by molar-refractivity contribution is 6.08. The summed E-state index contributed by atoms with van der Waals surface area (Å²) in [6, 6.07) is 4.42. The zero-order valence-corrected chi connectivity index (χ0v) is 49.7. The molecule has 8 aromatic rings. The number of amides is 10. The quantitative estimate of drug-likeness (QED) is 0.0354. The largest absolute Gasteiger partial charge is 0.355 e. The third kappa shape index (κ3) is 15.5. The van der Waals surface area contributed by atoms with Crippen LogP contribution in [0.15, 0.2) is 74.0 Å². The molecule has 0 aliphatic heterocycles. The van der Waals surface area contributed by atoms with Gasteiger partial charge in [0.05, 0.1) is 17.1 Å². The average molecular weight is 1210 g/mol. The van der Waals surface area contributed by atoms with Crippen molar-refractivity contribution in [3.8, 4) is 0 Å². The maximum Gasteiger partial charge on any atom is 0.292 e. The molecule has 0 aromatic carbocycles. The fourth-order valence-electron chi connectivity index (χ4n) is 8.83. The number of hydrogen-bond acceptors (Lipinski definition) is 16. The Labute approximate surface area is 501 Å². The third-order valence-electron chi connectivity index (χ3n) is 13.2. The summed E-state index contributed by atoms with van der Waals surface area (Å²) in [6.45, 7) is 1.39. The van der Waals surface area contributed by atoms with Gasteiger partial charge in [-0.1, -0.05) is 0 Å². The van der Waals surface area contributed by atoms with Gasteiger partial charge in [0.1, 0.15) is 17.1 Å². The van der Waals surface area contributed by atoms with Crippen LogP contribution in [0.1, 0.15) is 104 Å². The molecule has 0 aliphatic carbocycles. The van der Waals surface area contributed by atoms with Crippen molar-refractivity contribution in [2.75, 3.05) is 77.5 Å². The number of anilines is 7. The second kappa shape index (κ2) is 27.1. The van der Waals surface area contributed by atoms with E-state index in [4.69, 9.17) is 0 Å². The molecule has 0 radical (unpaired) electrons. The predicted molar refractivity (Wildman–Crippen MR) is 319 cm³/mol. The van der Waals surface area contributed by atoms with Crippen molar-refractivity contribution >= 4 is 99.4 Å². The Morgan fingerprint density at radius 1 is 0.375 bits per heavy atom. The fraction of sp³-hybridized carbons (Fsp3) is 0.315. The van der Waals surface area contributed by atoms with E-state index >= 15 is 0 Å². The van der Waals surface area contributed by atoms with E-state index in [0.29, 0.717) is 24.5 Å². The number of imidazole rings is 5. The Kier molecular flexibility index (Phi) is 19.3. The van der Waals surface area contributed by atoms with Crippen LogP contribution in [0.4, 0.5) is 40.3 Å². The van der Waals surface area contributed by atoms with Crippen LogP contribution in [-0.2, 0) is 66.0 Å². The molecule has 88 heavy (non-hydrogen) atoms. The Hall–Kier alpha value is -11.5. The molecule has 8 aromatic heterocycles. The lowest BCUT2D eigenvalue weighted by Crippen LogP contribution is -2.34. The van der Waals surface area contributed by atoms with Crippen molar-refractivity contribution in [3.05, 3.63) is 120 Å². The third-order valence-corrected chi connectivity index (χ3v) is 13.2. The van der Waals surface area contributed by atoms with Crippen LogP contribution in [-0.4, -0.2) is 166 Å². The lowest BCUT2D eigenvalue weighted by molar-refractivity contribution is -0.121. The van der Waals surface area contributed by atoms with E-state index in [9.17, 15) is 47.9 Å². The number of likely N-dealkylation sites (N-methyl/N-ethyl adjacent to an activating group) is 1. The summed E-state index contributed by atoms with van der Waals surface area (Å²) in [7, 11) is 16.5. The van der Waals surface area contributed by atoms with Gasteiger partial charge >= 0.3 is 0 Å². The number of carbonyl (C=O) groups is 10. The maximum absolute atomic E-state index is 13.4. The van der Waals surface area contributed by atoms with Crippen molar-refractivity contribution < 1.29 is 47.9 Å². The second-order valence-corrected chi connectivity index (χ2v) is 20.6. The van der Waals surface area contributed by atoms with Gasteiger partial charge in [-0.15, -0.1) is 0 Å². The highest BCUT2D eigenvalue weighted by atomic mass is 16.2. The molecule has 8 heterocycles. The van der Waals surface area contributed by atoms with Crippen molar-refractivity contribution in [2.45, 2.75) is 19.3 Å². The lowest BCUT2D eigenvalue weighted by atomic mass is 10.3. The first kappa shape index (κ1) is 62.6. The first-order valence-electron chi connectivity index (χ1n) is 27.1. The van der Waals surface area contributed by atoms with Gasteiger partial charge in [0.2, 0.25) is 35.1 Å². The van der Waals surface area contributed by atoms with E-state index in [0.717, 1.165) is 0 Å². The molecule has 34 nitrogen and oxygen atoms in total. The van der Waals surface area contributed by atoms with E-state index in [2.05, 4.69) is 78.1 Å². The summed E-state index contributed by atoms with van der Waals surface area (Å²) in [6.07, 6.45) is 13.7. The van der Waals surface area contributed by atoms with E-state index in [1.54, 1.807) is 66.3 Å². The highest BCUT2D eigenvalue weighted by Crippen LogP contribution is 2.21. The summed E-state index contributed by atoms with van der Waals surface area (Å²) < 4.78 is 11.7. The number of aromatic nitrogens is 13. The van der Waals surface area contributed by atoms with E-state index < -0.39 is 53.2 Å². The summed E-state index contributed by atoms with van der Waals surface area (Å²) >= 11 is 0. The SMILES string of the molecule is CN(C)CCNC(=O)CCNC(=O)c1cc(NC(=O)c2nc(NC(=O)c3nc(NC(=O)c4nc(NC(=O)CCCNC(=O)c5cc(NC(=O)c6nc(NC(=O)c7cc(NC(=O)c8nccn8C)cn7C)cn6C)cn5C)cn4C)cn3C)cn2C)cn1C. The molecule has 0 unspecified atom stereocenters. The first-order valence-corrected chi connectivity index (χ1v) is 27.1. The number of nitrogens with one attached hydrogen (secondary N) is 10. The molecule has 34 heteroatoms. The monoisotopic (exact) mass is 1210 g/mol. The van der Waals surface area contributed by atoms with E-state index in [-0.39, 0.29) is 113 Å². The smallest absolute Gasteiger partial charge is 0.292 e. The van der Waals surface area contributed by atoms with Crippen LogP contribution in [0, 0.1) is 0 Å². The van der Waals surface area contributed by atoms with Crippen molar-refractivity contribution in [3.63, 3.8) is 0 Å². The predicted octanol–water partition coefficient (Wildman–Crippen LogP) is 0.830. The molecule has 10 N–H and O–H groups in total. The van der Waals surface area contributed by atoms with Crippen molar-refractivity contribution in [1.29, 1.82) is 0 Å². The number of carbonyl (C=O) groups excluding carboxylic acids is 10. The zero-order chi connectivity index (χ0) is 63.7. The fourth-order valence-corrected chi connectivity index (χ4v) is 8.83. The molecule has 0 saturated carbocycles. The summed E-state index contributed by atoms with van der Waals surface area (Å²) in [5.74, 6) is -5.24. The highest BCUT2D eigenvalue weighted by Gasteiger charge is 2.25. The van der Waals surface area contributed by atoms with Crippen LogP contribution in [0.5, 0.6) is 0 Å². The molecular formula is C54H66N24O10. The van der Waals surface area contributed by atoms with Crippen LogP contribution in [0.3, 0.4) is 0 Å². The molecule has 10 amide bonds. The number of rotatable bonds is 25. The molecule has 0 atom stereocenters. The normalized spacial score (nSPS) is 11.0. The Morgan fingerprint density at radius 3 is 1.16 bits per heavy atom. The Morgan fingerprint density at radius 2 is 0.750 bits per heavy atom. The standard InChI is InChI=1S/C54H66N24O10/c1-70(2)18-16-55-40(79)13-15-58-48(82)34-21-31(24-73(34)5)61-52(86)44-65-38(28-77(44)9)68-54(88)46-66-39(29-78(46)10)69-53(87)45-63-36(26-75(45)7)62-41(80)12-11-14-57-47(81)33-20-30(23-72(33)4)60-51(85)43-64-37(27-76(43)8)67-49(83)35-22-32(25-74(35)6)59-50(84)42-56-17-19-71(42)3/h17,19-29H,11-16,18H2,1-10H3,(H,55,79)(H,57,81)(H,58,82)(H,59,84)(H,60,85)(H,61,86)(H,62,80)(H,67,83)(H,68,88)(H,69,87). The molecule has 0 bridgehead atoms. The molecule has 462 valence electrons. The van der Waals surface area contributed by atoms with Gasteiger partial charge in [-0.25, -0.2) is 24.9 Å². The number of hydrogen-bond donors (Lipinski definition) is 10. The van der Waals surface area contributed by atoms with Gasteiger partial charge in [0.15, 0.2) is 29.1 Å².